The molecule has 2 fully saturated rings. The second-order valence-corrected chi connectivity index (χ2v) is 14.6. The summed E-state index contributed by atoms with van der Waals surface area (Å²) in [4.78, 5) is 28.0. The Morgan fingerprint density at radius 1 is 0.981 bits per heavy atom. The fraction of sp³-hybridized carbons (Fsp3) is 0.429. The molecule has 1 heterocycles. The number of nitrogens with zero attached hydrogens (tertiary/aromatic N) is 1. The van der Waals surface area contributed by atoms with Gasteiger partial charge in [0, 0.05) is 38.1 Å². The molecule has 4 aromatic carbocycles. The van der Waals surface area contributed by atoms with Crippen LogP contribution in [0.3, 0.4) is 0 Å². The summed E-state index contributed by atoms with van der Waals surface area (Å²) < 4.78 is 82.5. The molecule has 1 aliphatic carbocycles. The minimum absolute atomic E-state index is 0.119. The zero-order valence-electron chi connectivity index (χ0n) is 30.8. The lowest BCUT2D eigenvalue weighted by Gasteiger charge is -2.35. The highest BCUT2D eigenvalue weighted by Gasteiger charge is 2.46. The molecule has 0 unspecified atom stereocenters. The number of carboxylic acid groups (broad SMARTS) is 1. The van der Waals surface area contributed by atoms with E-state index in [1.807, 2.05) is 36.4 Å². The number of benzene rings is 4. The number of hydrogen-bond donors (Lipinski definition) is 2. The number of fused-ring (bicyclic) bond motifs is 1. The van der Waals surface area contributed by atoms with Gasteiger partial charge in [-0.1, -0.05) is 49.4 Å². The van der Waals surface area contributed by atoms with Crippen molar-refractivity contribution in [3.8, 4) is 22.6 Å². The number of carbonyl (C=O) groups excluding carboxylic acids is 1. The summed E-state index contributed by atoms with van der Waals surface area (Å²) in [7, 11) is 3.11. The van der Waals surface area contributed by atoms with E-state index < -0.39 is 47.4 Å². The fourth-order valence-electron chi connectivity index (χ4n) is 8.00. The molecular weight excluding hydrogens is 707 g/mol. The summed E-state index contributed by atoms with van der Waals surface area (Å²) in [6.45, 7) is 4.67. The van der Waals surface area contributed by atoms with Gasteiger partial charge in [-0.25, -0.2) is 26.7 Å². The first kappa shape index (κ1) is 39.0. The number of nitrogens with one attached hydrogen (secondary N) is 1. The second-order valence-electron chi connectivity index (χ2n) is 14.6. The summed E-state index contributed by atoms with van der Waals surface area (Å²) in [5, 5.41) is 14.1. The van der Waals surface area contributed by atoms with E-state index in [0.717, 1.165) is 28.0 Å². The number of halogens is 5. The molecule has 2 N–H and O–H groups in total. The number of methoxy groups -OCH3 is 2. The lowest BCUT2D eigenvalue weighted by Crippen LogP contribution is -2.43. The van der Waals surface area contributed by atoms with Crippen molar-refractivity contribution in [1.29, 1.82) is 0 Å². The van der Waals surface area contributed by atoms with Gasteiger partial charge >= 0.3 is 5.97 Å². The van der Waals surface area contributed by atoms with Gasteiger partial charge in [0.1, 0.15) is 23.4 Å². The average Bonchev–Trinajstić information content (AvgIpc) is 3.12. The molecule has 7 nitrogen and oxygen atoms in total. The van der Waals surface area contributed by atoms with E-state index in [1.54, 1.807) is 26.4 Å². The molecule has 1 aliphatic heterocycles. The maximum absolute atomic E-state index is 15.3. The maximum atomic E-state index is 15.3. The monoisotopic (exact) mass is 752 g/mol. The van der Waals surface area contributed by atoms with E-state index in [9.17, 15) is 32.3 Å². The van der Waals surface area contributed by atoms with E-state index >= 15 is 4.39 Å². The molecule has 1 amide bonds. The van der Waals surface area contributed by atoms with Crippen LogP contribution in [0.2, 0.25) is 0 Å². The van der Waals surface area contributed by atoms with Gasteiger partial charge in [0.15, 0.2) is 0 Å². The Hall–Kier alpha value is -4.71. The first-order valence-corrected chi connectivity index (χ1v) is 18.2. The Morgan fingerprint density at radius 2 is 1.61 bits per heavy atom. The highest BCUT2D eigenvalue weighted by molar-refractivity contribution is 6.02. The van der Waals surface area contributed by atoms with Crippen molar-refractivity contribution in [2.45, 2.75) is 82.7 Å². The van der Waals surface area contributed by atoms with Crippen molar-refractivity contribution >= 4 is 22.6 Å². The smallest absolute Gasteiger partial charge is 0.326 e. The van der Waals surface area contributed by atoms with Crippen LogP contribution in [0.25, 0.3) is 21.9 Å². The number of aryl methyl sites for hydroxylation is 1. The van der Waals surface area contributed by atoms with Crippen molar-refractivity contribution in [3.05, 3.63) is 94.3 Å². The Kier molecular flexibility index (Phi) is 11.2. The average molecular weight is 753 g/mol. The van der Waals surface area contributed by atoms with Gasteiger partial charge in [-0.15, -0.1) is 0 Å². The molecule has 54 heavy (non-hydrogen) atoms. The first-order valence-electron chi connectivity index (χ1n) is 18.2. The third kappa shape index (κ3) is 8.04. The molecule has 4 aromatic rings. The fourth-order valence-corrected chi connectivity index (χ4v) is 8.00. The van der Waals surface area contributed by atoms with Crippen molar-refractivity contribution in [2.75, 3.05) is 27.3 Å². The molecule has 0 spiro atoms. The number of carboxylic acids is 1. The van der Waals surface area contributed by atoms with Crippen molar-refractivity contribution < 1.29 is 46.1 Å². The number of hydrogen-bond acceptors (Lipinski definition) is 5. The molecule has 1 saturated carbocycles. The van der Waals surface area contributed by atoms with E-state index in [1.165, 1.54) is 19.9 Å². The van der Waals surface area contributed by atoms with Crippen LogP contribution in [0.1, 0.15) is 77.6 Å². The summed E-state index contributed by atoms with van der Waals surface area (Å²) >= 11 is 0. The van der Waals surface area contributed by atoms with Crippen LogP contribution in [0.15, 0.2) is 60.7 Å². The van der Waals surface area contributed by atoms with Crippen LogP contribution >= 0.6 is 0 Å². The van der Waals surface area contributed by atoms with Crippen LogP contribution in [0.4, 0.5) is 22.0 Å². The molecule has 0 aromatic heterocycles. The van der Waals surface area contributed by atoms with Gasteiger partial charge in [-0.2, -0.15) is 0 Å². The summed E-state index contributed by atoms with van der Waals surface area (Å²) in [6, 6.07) is 16.0. The number of aliphatic carboxylic acids is 1. The third-order valence-electron chi connectivity index (χ3n) is 11.0. The molecule has 12 heteroatoms. The Labute approximate surface area is 311 Å². The number of rotatable bonds is 13. The van der Waals surface area contributed by atoms with E-state index in [0.29, 0.717) is 60.7 Å². The topological polar surface area (TPSA) is 88.1 Å². The van der Waals surface area contributed by atoms with Crippen molar-refractivity contribution in [2.24, 2.45) is 5.92 Å². The predicted octanol–water partition coefficient (Wildman–Crippen LogP) is 9.17. The molecule has 1 saturated heterocycles. The zero-order valence-corrected chi connectivity index (χ0v) is 30.8. The molecule has 288 valence electrons. The number of amides is 1. The van der Waals surface area contributed by atoms with Gasteiger partial charge in [0.2, 0.25) is 5.92 Å². The summed E-state index contributed by atoms with van der Waals surface area (Å²) in [6.07, 6.45) is -0.205. The lowest BCUT2D eigenvalue weighted by atomic mass is 9.76. The Balaban J connectivity index is 1.24. The number of likely N-dealkylation sites (tertiary alicyclic amines) is 1. The molecule has 1 atom stereocenters. The Bertz CT molecular complexity index is 1990. The van der Waals surface area contributed by atoms with Gasteiger partial charge in [-0.05, 0) is 95.6 Å². The highest BCUT2D eigenvalue weighted by atomic mass is 19.3. The predicted molar refractivity (Wildman–Crippen MR) is 196 cm³/mol. The Morgan fingerprint density at radius 3 is 2.19 bits per heavy atom. The van der Waals surface area contributed by atoms with Crippen LogP contribution in [0, 0.1) is 18.7 Å². The number of carbonyl (C=O) groups is 2. The van der Waals surface area contributed by atoms with Crippen LogP contribution < -0.4 is 14.8 Å². The molecule has 0 bridgehead atoms. The van der Waals surface area contributed by atoms with Crippen molar-refractivity contribution in [1.82, 2.24) is 10.2 Å². The van der Waals surface area contributed by atoms with Crippen LogP contribution in [0.5, 0.6) is 11.5 Å². The second kappa shape index (κ2) is 15.6. The summed E-state index contributed by atoms with van der Waals surface area (Å²) in [5.41, 5.74) is 3.24. The van der Waals surface area contributed by atoms with Crippen LogP contribution in [-0.2, 0) is 17.8 Å². The third-order valence-corrected chi connectivity index (χ3v) is 11.0. The van der Waals surface area contributed by atoms with E-state index in [-0.39, 0.29) is 36.8 Å². The zero-order chi connectivity index (χ0) is 38.9. The van der Waals surface area contributed by atoms with E-state index in [4.69, 9.17) is 9.47 Å². The lowest BCUT2D eigenvalue weighted by molar-refractivity contribution is -0.139. The van der Waals surface area contributed by atoms with Gasteiger partial charge < -0.3 is 19.9 Å². The van der Waals surface area contributed by atoms with Gasteiger partial charge in [-0.3, -0.25) is 9.69 Å². The molecule has 0 radical (unpaired) electrons. The van der Waals surface area contributed by atoms with Gasteiger partial charge in [0.25, 0.3) is 11.8 Å². The maximum Gasteiger partial charge on any atom is 0.326 e. The minimum Gasteiger partial charge on any atom is -0.496 e. The highest BCUT2D eigenvalue weighted by Crippen LogP contribution is 2.49. The quantitative estimate of drug-likeness (QED) is 0.133. The standard InChI is InChI=1S/C42H45F5N2O5/c1-5-42(46,47)29-12-14-49(15-13-29)23-25-17-35(53-3)38(36(18-25)54-4)32-11-7-9-30-26(8-6-10-31(30)32)20-34(40(51)52)48-39(50)37-24(2)16-27(19-33(37)43)28-21-41(44,45)22-28/h6-11,16-19,28-29,34H,5,12-15,20-23H2,1-4H3,(H,48,50)(H,51,52)/t34-/m0/s1. The van der Waals surface area contributed by atoms with E-state index in [2.05, 4.69) is 10.2 Å². The first-order chi connectivity index (χ1) is 25.6. The van der Waals surface area contributed by atoms with Gasteiger partial charge in [0.05, 0.1) is 25.3 Å². The van der Waals surface area contributed by atoms with Crippen LogP contribution in [-0.4, -0.2) is 67.1 Å². The van der Waals surface area contributed by atoms with Crippen molar-refractivity contribution in [3.63, 3.8) is 0 Å². The SMILES string of the molecule is CCC(F)(F)C1CCN(Cc2cc(OC)c(-c3cccc4c(C[C@H](NC(=O)c5c(C)cc(C6CC(F)(F)C6)cc5F)C(=O)O)cccc34)c(OC)c2)CC1. The molecular formula is C42H45F5N2O5. The summed E-state index contributed by atoms with van der Waals surface area (Å²) in [5.74, 6) is -8.62. The minimum atomic E-state index is -2.79. The normalized spacial score (nSPS) is 17.2. The molecule has 6 rings (SSSR count). The number of piperidine rings is 1. The number of alkyl halides is 4. The molecule has 2 aliphatic rings. The number of ether oxygens (including phenoxy) is 2. The largest absolute Gasteiger partial charge is 0.496 e.